The van der Waals surface area contributed by atoms with Crippen molar-refractivity contribution < 1.29 is 9.59 Å². The van der Waals surface area contributed by atoms with Crippen LogP contribution in [-0.4, -0.2) is 32.3 Å². The number of hydrogen-bond donors (Lipinski definition) is 0. The molecule has 1 saturated heterocycles. The minimum Gasteiger partial charge on any atom is -0.378 e. The van der Waals surface area contributed by atoms with Crippen LogP contribution in [0.3, 0.4) is 0 Å². The van der Waals surface area contributed by atoms with Gasteiger partial charge in [0.15, 0.2) is 5.78 Å². The number of hydrogen-bond acceptors (Lipinski definition) is 3. The van der Waals surface area contributed by atoms with Gasteiger partial charge in [-0.2, -0.15) is 0 Å². The zero-order valence-corrected chi connectivity index (χ0v) is 9.43. The molecule has 16 heavy (non-hydrogen) atoms. The number of carbonyl (C=O) groups is 2. The molecule has 0 atom stereocenters. The molecule has 0 N–H and O–H groups in total. The van der Waals surface area contributed by atoms with Gasteiger partial charge in [-0.05, 0) is 24.3 Å². The molecule has 0 aliphatic carbocycles. The van der Waals surface area contributed by atoms with E-state index in [-0.39, 0.29) is 24.7 Å². The van der Waals surface area contributed by atoms with Crippen molar-refractivity contribution in [2.24, 2.45) is 0 Å². The number of carbonyl (C=O) groups excluding carboxylic acids is 2. The molecule has 1 fully saturated rings. The molecule has 2 rings (SSSR count). The zero-order chi connectivity index (χ0) is 11.7. The molecule has 1 aliphatic rings. The van der Waals surface area contributed by atoms with Crippen molar-refractivity contribution in [2.45, 2.75) is 6.42 Å². The largest absolute Gasteiger partial charge is 0.378 e. The van der Waals surface area contributed by atoms with Gasteiger partial charge < -0.3 is 9.80 Å². The zero-order valence-electron chi connectivity index (χ0n) is 9.43. The highest BCUT2D eigenvalue weighted by Crippen LogP contribution is 2.22. The Morgan fingerprint density at radius 1 is 1.12 bits per heavy atom. The Hall–Kier alpha value is -1.84. The van der Waals surface area contributed by atoms with Crippen LogP contribution < -0.4 is 9.80 Å². The third-order valence-electron chi connectivity index (χ3n) is 2.66. The maximum Gasteiger partial charge on any atom is 0.234 e. The van der Waals surface area contributed by atoms with Gasteiger partial charge in [0, 0.05) is 25.5 Å². The molecule has 0 bridgehead atoms. The van der Waals surface area contributed by atoms with E-state index in [4.69, 9.17) is 0 Å². The van der Waals surface area contributed by atoms with E-state index in [1.165, 1.54) is 4.90 Å². The monoisotopic (exact) mass is 218 g/mol. The summed E-state index contributed by atoms with van der Waals surface area (Å²) >= 11 is 0. The summed E-state index contributed by atoms with van der Waals surface area (Å²) in [5, 5.41) is 0. The fourth-order valence-corrected chi connectivity index (χ4v) is 1.75. The summed E-state index contributed by atoms with van der Waals surface area (Å²) in [4.78, 5) is 26.2. The summed E-state index contributed by atoms with van der Waals surface area (Å²) in [5.74, 6) is -0.121. The molecule has 4 nitrogen and oxygen atoms in total. The van der Waals surface area contributed by atoms with Crippen molar-refractivity contribution in [1.29, 1.82) is 0 Å². The highest BCUT2D eigenvalue weighted by molar-refractivity contribution is 6.15. The topological polar surface area (TPSA) is 40.6 Å². The standard InChI is InChI=1S/C12H14N2O2/c1-13(2)9-3-5-10(6-4-9)14-8-11(15)7-12(14)16/h3-6H,7-8H2,1-2H3. The number of benzene rings is 1. The first-order chi connectivity index (χ1) is 7.58. The van der Waals surface area contributed by atoms with Crippen LogP contribution in [-0.2, 0) is 9.59 Å². The Balaban J connectivity index is 2.22. The molecule has 84 valence electrons. The second-order valence-electron chi connectivity index (χ2n) is 4.11. The van der Waals surface area contributed by atoms with Gasteiger partial charge in [0.05, 0.1) is 13.0 Å². The Morgan fingerprint density at radius 3 is 2.19 bits per heavy atom. The number of amides is 1. The lowest BCUT2D eigenvalue weighted by atomic mass is 10.2. The van der Waals surface area contributed by atoms with Gasteiger partial charge in [-0.15, -0.1) is 0 Å². The van der Waals surface area contributed by atoms with Crippen LogP contribution in [0.2, 0.25) is 0 Å². The molecule has 0 unspecified atom stereocenters. The second-order valence-corrected chi connectivity index (χ2v) is 4.11. The highest BCUT2D eigenvalue weighted by Gasteiger charge is 2.28. The Labute approximate surface area is 94.5 Å². The van der Waals surface area contributed by atoms with Gasteiger partial charge in [0.2, 0.25) is 5.91 Å². The van der Waals surface area contributed by atoms with Crippen LogP contribution >= 0.6 is 0 Å². The quantitative estimate of drug-likeness (QED) is 0.697. The minimum atomic E-state index is -0.109. The van der Waals surface area contributed by atoms with E-state index >= 15 is 0 Å². The first-order valence-electron chi connectivity index (χ1n) is 5.17. The third-order valence-corrected chi connectivity index (χ3v) is 2.66. The third kappa shape index (κ3) is 1.91. The molecular weight excluding hydrogens is 204 g/mol. The van der Waals surface area contributed by atoms with Gasteiger partial charge in [-0.3, -0.25) is 9.59 Å². The van der Waals surface area contributed by atoms with Crippen LogP contribution in [0, 0.1) is 0 Å². The number of ketones is 1. The van der Waals surface area contributed by atoms with Crippen LogP contribution in [0.5, 0.6) is 0 Å². The van der Waals surface area contributed by atoms with Gasteiger partial charge in [0.1, 0.15) is 0 Å². The molecule has 1 aromatic carbocycles. The molecule has 0 saturated carbocycles. The lowest BCUT2D eigenvalue weighted by Gasteiger charge is -2.17. The predicted molar refractivity (Wildman–Crippen MR) is 62.7 cm³/mol. The van der Waals surface area contributed by atoms with Gasteiger partial charge in [-0.1, -0.05) is 0 Å². The van der Waals surface area contributed by atoms with Crippen molar-refractivity contribution >= 4 is 23.1 Å². The van der Waals surface area contributed by atoms with Gasteiger partial charge in [-0.25, -0.2) is 0 Å². The van der Waals surface area contributed by atoms with Crippen LogP contribution in [0.4, 0.5) is 11.4 Å². The van der Waals surface area contributed by atoms with E-state index < -0.39 is 0 Å². The second kappa shape index (κ2) is 3.96. The summed E-state index contributed by atoms with van der Waals surface area (Å²) in [5.41, 5.74) is 1.86. The molecule has 4 heteroatoms. The van der Waals surface area contributed by atoms with E-state index in [0.717, 1.165) is 11.4 Å². The van der Waals surface area contributed by atoms with Crippen molar-refractivity contribution in [1.82, 2.24) is 0 Å². The number of nitrogens with zero attached hydrogens (tertiary/aromatic N) is 2. The first-order valence-corrected chi connectivity index (χ1v) is 5.17. The molecule has 1 aromatic rings. The Bertz CT molecular complexity index is 423. The molecule has 1 heterocycles. The van der Waals surface area contributed by atoms with Gasteiger partial charge >= 0.3 is 0 Å². The summed E-state index contributed by atoms with van der Waals surface area (Å²) in [6.45, 7) is 0.208. The molecule has 0 spiro atoms. The maximum absolute atomic E-state index is 11.5. The van der Waals surface area contributed by atoms with Crippen LogP contribution in [0.25, 0.3) is 0 Å². The van der Waals surface area contributed by atoms with Crippen molar-refractivity contribution in [3.8, 4) is 0 Å². The van der Waals surface area contributed by atoms with Gasteiger partial charge in [0.25, 0.3) is 0 Å². The lowest BCUT2D eigenvalue weighted by molar-refractivity contribution is -0.121. The molecule has 1 amide bonds. The lowest BCUT2D eigenvalue weighted by Crippen LogP contribution is -2.24. The maximum atomic E-state index is 11.5. The van der Waals surface area contributed by atoms with E-state index in [9.17, 15) is 9.59 Å². The van der Waals surface area contributed by atoms with Crippen molar-refractivity contribution in [3.05, 3.63) is 24.3 Å². The molecular formula is C12H14N2O2. The fraction of sp³-hybridized carbons (Fsp3) is 0.333. The summed E-state index contributed by atoms with van der Waals surface area (Å²) in [7, 11) is 3.92. The van der Waals surface area contributed by atoms with E-state index in [1.54, 1.807) is 0 Å². The summed E-state index contributed by atoms with van der Waals surface area (Å²) in [6.07, 6.45) is 0.0371. The van der Waals surface area contributed by atoms with Crippen molar-refractivity contribution in [3.63, 3.8) is 0 Å². The summed E-state index contributed by atoms with van der Waals surface area (Å²) < 4.78 is 0. The molecule has 1 aliphatic heterocycles. The predicted octanol–water partition coefficient (Wildman–Crippen LogP) is 1.06. The average Bonchev–Trinajstić information content (AvgIpc) is 2.58. The smallest absolute Gasteiger partial charge is 0.234 e. The molecule has 0 aromatic heterocycles. The molecule has 0 radical (unpaired) electrons. The first kappa shape index (κ1) is 10.7. The number of Topliss-reactive ketones (excluding diaryl/α,β-unsaturated/α-hetero) is 1. The van der Waals surface area contributed by atoms with Crippen molar-refractivity contribution in [2.75, 3.05) is 30.4 Å². The number of rotatable bonds is 2. The van der Waals surface area contributed by atoms with E-state index in [0.29, 0.717) is 0 Å². The fourth-order valence-electron chi connectivity index (χ4n) is 1.75. The number of anilines is 2. The van der Waals surface area contributed by atoms with Crippen LogP contribution in [0.1, 0.15) is 6.42 Å². The van der Waals surface area contributed by atoms with Crippen LogP contribution in [0.15, 0.2) is 24.3 Å². The van der Waals surface area contributed by atoms with E-state index in [2.05, 4.69) is 0 Å². The Kier molecular flexibility index (Phi) is 2.64. The SMILES string of the molecule is CN(C)c1ccc(N2CC(=O)CC2=O)cc1. The Morgan fingerprint density at radius 2 is 1.75 bits per heavy atom. The summed E-state index contributed by atoms with van der Waals surface area (Å²) in [6, 6.07) is 7.61. The highest BCUT2D eigenvalue weighted by atomic mass is 16.2. The normalized spacial score (nSPS) is 15.8. The average molecular weight is 218 g/mol. The minimum absolute atomic E-state index is 0.0123. The van der Waals surface area contributed by atoms with E-state index in [1.807, 2.05) is 43.3 Å².